The summed E-state index contributed by atoms with van der Waals surface area (Å²) in [6.07, 6.45) is 8.60. The summed E-state index contributed by atoms with van der Waals surface area (Å²) in [4.78, 5) is 31.1. The van der Waals surface area contributed by atoms with Gasteiger partial charge in [-0.05, 0) is 49.7 Å². The van der Waals surface area contributed by atoms with Gasteiger partial charge in [0.25, 0.3) is 5.56 Å². The zero-order valence-corrected chi connectivity index (χ0v) is 21.4. The Hall–Kier alpha value is -4.67. The van der Waals surface area contributed by atoms with Gasteiger partial charge in [-0.3, -0.25) is 4.79 Å². The summed E-state index contributed by atoms with van der Waals surface area (Å²) < 4.78 is 0. The van der Waals surface area contributed by atoms with Crippen molar-refractivity contribution in [3.8, 4) is 6.07 Å². The number of nitrogens with zero attached hydrogens (tertiary/aromatic N) is 10. The van der Waals surface area contributed by atoms with Crippen LogP contribution in [0.25, 0.3) is 10.9 Å². The van der Waals surface area contributed by atoms with Crippen LogP contribution in [0.4, 0.5) is 23.3 Å². The predicted molar refractivity (Wildman–Crippen MR) is 143 cm³/mol. The van der Waals surface area contributed by atoms with E-state index in [2.05, 4.69) is 62.0 Å². The number of hydrogen-bond acceptors (Lipinski definition) is 12. The van der Waals surface area contributed by atoms with Crippen LogP contribution in [-0.2, 0) is 6.42 Å². The molecule has 14 nitrogen and oxygen atoms in total. The maximum atomic E-state index is 12.7. The van der Waals surface area contributed by atoms with E-state index in [4.69, 9.17) is 10.2 Å². The van der Waals surface area contributed by atoms with Crippen molar-refractivity contribution < 1.29 is 0 Å². The van der Waals surface area contributed by atoms with E-state index in [-0.39, 0.29) is 5.56 Å². The van der Waals surface area contributed by atoms with Crippen LogP contribution in [0.1, 0.15) is 37.9 Å². The van der Waals surface area contributed by atoms with Crippen LogP contribution in [0, 0.1) is 23.2 Å². The Kier molecular flexibility index (Phi) is 6.94. The lowest BCUT2D eigenvalue weighted by Crippen LogP contribution is -2.35. The minimum Gasteiger partial charge on any atom is -0.357 e. The van der Waals surface area contributed by atoms with Gasteiger partial charge in [0.2, 0.25) is 5.95 Å². The van der Waals surface area contributed by atoms with Gasteiger partial charge in [-0.15, -0.1) is 10.2 Å². The van der Waals surface area contributed by atoms with Crippen molar-refractivity contribution in [3.63, 3.8) is 0 Å². The standard InChI is InChI=1S/C25H29N13O/c26-8-3-16-4-11-38(12-5-16)25-30-19-15-28-34-24(39)22(19)23(31-25)29-18-1-2-21(27-14-18)37-9-6-17(7-10-37)13-20-32-35-36-33-20/h1-2,14-17H,3-7,9-13H2,(H,34,39)(H,29,30,31)(H,32,33,35,36). The van der Waals surface area contributed by atoms with E-state index in [9.17, 15) is 4.79 Å². The van der Waals surface area contributed by atoms with Crippen LogP contribution in [-0.4, -0.2) is 72.0 Å². The highest BCUT2D eigenvalue weighted by molar-refractivity contribution is 5.90. The first kappa shape index (κ1) is 24.7. The second-order valence-electron chi connectivity index (χ2n) is 10.1. The molecule has 0 radical (unpaired) electrons. The monoisotopic (exact) mass is 527 g/mol. The molecule has 39 heavy (non-hydrogen) atoms. The van der Waals surface area contributed by atoms with E-state index in [1.807, 2.05) is 12.1 Å². The molecule has 4 aromatic rings. The van der Waals surface area contributed by atoms with E-state index < -0.39 is 0 Å². The minimum atomic E-state index is -0.359. The number of nitriles is 1. The number of nitrogens with one attached hydrogen (secondary N) is 3. The number of tetrazole rings is 1. The number of aromatic nitrogens is 9. The quantitative estimate of drug-likeness (QED) is 0.318. The van der Waals surface area contributed by atoms with Crippen LogP contribution in [0.5, 0.6) is 0 Å². The molecule has 0 aromatic carbocycles. The summed E-state index contributed by atoms with van der Waals surface area (Å²) >= 11 is 0. The van der Waals surface area contributed by atoms with Gasteiger partial charge in [-0.2, -0.15) is 20.6 Å². The molecule has 3 N–H and O–H groups in total. The zero-order chi connectivity index (χ0) is 26.6. The van der Waals surface area contributed by atoms with Crippen molar-refractivity contribution in [2.24, 2.45) is 11.8 Å². The third kappa shape index (κ3) is 5.47. The largest absolute Gasteiger partial charge is 0.357 e. The molecule has 4 aromatic heterocycles. The molecule has 200 valence electrons. The number of piperidine rings is 2. The Bertz CT molecular complexity index is 1500. The smallest absolute Gasteiger partial charge is 0.277 e. The van der Waals surface area contributed by atoms with E-state index in [1.54, 1.807) is 12.4 Å². The van der Waals surface area contributed by atoms with Crippen molar-refractivity contribution in [1.29, 1.82) is 5.26 Å². The SMILES string of the molecule is N#CCC1CCN(c2nc(Nc3ccc(N4CCC(Cc5nn[nH]n5)CC4)nc3)c3c(=O)[nH]ncc3n2)CC1. The second-order valence-corrected chi connectivity index (χ2v) is 10.1. The lowest BCUT2D eigenvalue weighted by atomic mass is 9.93. The summed E-state index contributed by atoms with van der Waals surface area (Å²) in [6.45, 7) is 3.34. The second kappa shape index (κ2) is 11.0. The fourth-order valence-electron chi connectivity index (χ4n) is 5.37. The van der Waals surface area contributed by atoms with Gasteiger partial charge >= 0.3 is 0 Å². The summed E-state index contributed by atoms with van der Waals surface area (Å²) in [5.41, 5.74) is 0.835. The molecule has 2 aliphatic heterocycles. The number of aromatic amines is 2. The summed E-state index contributed by atoms with van der Waals surface area (Å²) in [6, 6.07) is 6.20. The van der Waals surface area contributed by atoms with Gasteiger partial charge in [0.1, 0.15) is 22.5 Å². The molecule has 2 fully saturated rings. The number of anilines is 4. The molecule has 2 saturated heterocycles. The lowest BCUT2D eigenvalue weighted by molar-refractivity contribution is 0.395. The van der Waals surface area contributed by atoms with E-state index in [0.29, 0.717) is 40.9 Å². The molecule has 0 aliphatic carbocycles. The molecular formula is C25H29N13O. The van der Waals surface area contributed by atoms with Gasteiger partial charge in [0.05, 0.1) is 24.2 Å². The fraction of sp³-hybridized carbons (Fsp3) is 0.480. The van der Waals surface area contributed by atoms with Gasteiger partial charge in [0, 0.05) is 39.0 Å². The Morgan fingerprint density at radius 3 is 2.54 bits per heavy atom. The van der Waals surface area contributed by atoms with Crippen molar-refractivity contribution in [3.05, 3.63) is 40.7 Å². The third-order valence-corrected chi connectivity index (χ3v) is 7.59. The summed E-state index contributed by atoms with van der Waals surface area (Å²) in [5.74, 6) is 3.56. The molecule has 14 heteroatoms. The highest BCUT2D eigenvalue weighted by Crippen LogP contribution is 2.28. The number of hydrogen-bond donors (Lipinski definition) is 3. The van der Waals surface area contributed by atoms with Crippen LogP contribution in [0.2, 0.25) is 0 Å². The van der Waals surface area contributed by atoms with Gasteiger partial charge < -0.3 is 15.1 Å². The molecule has 2 aliphatic rings. The van der Waals surface area contributed by atoms with Crippen LogP contribution in [0.3, 0.4) is 0 Å². The van der Waals surface area contributed by atoms with E-state index >= 15 is 0 Å². The highest BCUT2D eigenvalue weighted by atomic mass is 16.1. The molecular weight excluding hydrogens is 498 g/mol. The molecule has 0 spiro atoms. The maximum absolute atomic E-state index is 12.7. The first-order valence-corrected chi connectivity index (χ1v) is 13.2. The number of rotatable bonds is 7. The summed E-state index contributed by atoms with van der Waals surface area (Å²) in [7, 11) is 0. The first-order chi connectivity index (χ1) is 19.2. The Labute approximate surface area is 223 Å². The van der Waals surface area contributed by atoms with Crippen LogP contribution < -0.4 is 20.7 Å². The van der Waals surface area contributed by atoms with Gasteiger partial charge in [-0.1, -0.05) is 5.21 Å². The van der Waals surface area contributed by atoms with Crippen molar-refractivity contribution in [1.82, 2.24) is 45.8 Å². The number of pyridine rings is 1. The number of H-pyrrole nitrogens is 2. The Morgan fingerprint density at radius 1 is 1.03 bits per heavy atom. The van der Waals surface area contributed by atoms with Gasteiger partial charge in [0.15, 0.2) is 5.82 Å². The molecule has 6 heterocycles. The predicted octanol–water partition coefficient (Wildman–Crippen LogP) is 1.95. The molecule has 0 atom stereocenters. The van der Waals surface area contributed by atoms with Gasteiger partial charge in [-0.25, -0.2) is 15.1 Å². The van der Waals surface area contributed by atoms with E-state index in [1.165, 1.54) is 0 Å². The fourth-order valence-corrected chi connectivity index (χ4v) is 5.37. The highest BCUT2D eigenvalue weighted by Gasteiger charge is 2.24. The molecule has 0 bridgehead atoms. The van der Waals surface area contributed by atoms with Crippen molar-refractivity contribution >= 4 is 34.2 Å². The number of fused-ring (bicyclic) bond motifs is 1. The van der Waals surface area contributed by atoms with Crippen molar-refractivity contribution in [2.45, 2.75) is 38.5 Å². The normalized spacial score (nSPS) is 16.9. The average Bonchev–Trinajstić information content (AvgIpc) is 3.48. The zero-order valence-electron chi connectivity index (χ0n) is 21.4. The summed E-state index contributed by atoms with van der Waals surface area (Å²) in [5, 5.41) is 33.4. The van der Waals surface area contributed by atoms with Crippen LogP contribution in [0.15, 0.2) is 29.3 Å². The topological polar surface area (TPSA) is 181 Å². The minimum absolute atomic E-state index is 0.348. The Balaban J connectivity index is 1.16. The first-order valence-electron chi connectivity index (χ1n) is 13.2. The maximum Gasteiger partial charge on any atom is 0.277 e. The molecule has 0 unspecified atom stereocenters. The molecule has 0 saturated carbocycles. The Morgan fingerprint density at radius 2 is 1.82 bits per heavy atom. The molecule has 0 amide bonds. The van der Waals surface area contributed by atoms with E-state index in [0.717, 1.165) is 75.6 Å². The average molecular weight is 528 g/mol. The van der Waals surface area contributed by atoms with Crippen LogP contribution >= 0.6 is 0 Å². The lowest BCUT2D eigenvalue weighted by Gasteiger charge is -2.32. The third-order valence-electron chi connectivity index (χ3n) is 7.59. The van der Waals surface area contributed by atoms with Crippen molar-refractivity contribution in [2.75, 3.05) is 41.3 Å². The molecule has 6 rings (SSSR count).